The van der Waals surface area contributed by atoms with Gasteiger partial charge in [-0.25, -0.2) is 4.79 Å². The molecule has 122 valence electrons. The second-order valence-corrected chi connectivity index (χ2v) is 5.13. The minimum Gasteiger partial charge on any atom is -0.479 e. The monoisotopic (exact) mass is 317 g/mol. The van der Waals surface area contributed by atoms with E-state index >= 15 is 0 Å². The number of benzene rings is 1. The molecule has 0 saturated carbocycles. The summed E-state index contributed by atoms with van der Waals surface area (Å²) in [5.74, 6) is -0.393. The van der Waals surface area contributed by atoms with Crippen molar-refractivity contribution in [3.8, 4) is 11.3 Å². The first-order chi connectivity index (χ1) is 11.0. The number of aliphatic carboxylic acids is 1. The largest absolute Gasteiger partial charge is 0.479 e. The van der Waals surface area contributed by atoms with Gasteiger partial charge in [0.2, 0.25) is 0 Å². The smallest absolute Gasteiger partial charge is 0.334 e. The zero-order valence-electron chi connectivity index (χ0n) is 13.3. The molecule has 0 aliphatic carbocycles. The van der Waals surface area contributed by atoms with Gasteiger partial charge in [0.25, 0.3) is 5.91 Å². The minimum absolute atomic E-state index is 0.122. The number of carboxylic acids is 1. The van der Waals surface area contributed by atoms with Crippen molar-refractivity contribution in [3.05, 3.63) is 47.2 Å². The van der Waals surface area contributed by atoms with Crippen LogP contribution in [0.5, 0.6) is 0 Å². The summed E-state index contributed by atoms with van der Waals surface area (Å²) in [4.78, 5) is 23.4. The summed E-state index contributed by atoms with van der Waals surface area (Å²) in [7, 11) is 1.29. The van der Waals surface area contributed by atoms with Gasteiger partial charge in [-0.05, 0) is 13.8 Å². The number of amides is 1. The lowest BCUT2D eigenvalue weighted by molar-refractivity contribution is -0.148. The number of aryl methyl sites for hydroxylation is 1. The third-order valence-corrected chi connectivity index (χ3v) is 3.66. The second-order valence-electron chi connectivity index (χ2n) is 5.13. The number of carboxylic acid groups (broad SMARTS) is 1. The molecule has 2 N–H and O–H groups in total. The highest BCUT2D eigenvalue weighted by Gasteiger charge is 2.24. The summed E-state index contributed by atoms with van der Waals surface area (Å²) in [6, 6.07) is 9.29. The van der Waals surface area contributed by atoms with Crippen LogP contribution in [0.15, 0.2) is 34.7 Å². The summed E-state index contributed by atoms with van der Waals surface area (Å²) in [6.07, 6.45) is -1.09. The molecule has 1 aromatic carbocycles. The molecule has 0 fully saturated rings. The van der Waals surface area contributed by atoms with Crippen LogP contribution in [-0.4, -0.2) is 36.7 Å². The van der Waals surface area contributed by atoms with Gasteiger partial charge in [-0.2, -0.15) is 0 Å². The van der Waals surface area contributed by atoms with Gasteiger partial charge in [0.1, 0.15) is 11.5 Å². The maximum absolute atomic E-state index is 12.5. The Kier molecular flexibility index (Phi) is 5.18. The lowest BCUT2D eigenvalue weighted by Crippen LogP contribution is -2.38. The molecule has 1 unspecified atom stereocenters. The molecule has 23 heavy (non-hydrogen) atoms. The average Bonchev–Trinajstić information content (AvgIpc) is 2.84. The molecule has 0 bridgehead atoms. The van der Waals surface area contributed by atoms with Crippen LogP contribution in [0.1, 0.15) is 21.7 Å². The van der Waals surface area contributed by atoms with E-state index in [-0.39, 0.29) is 12.5 Å². The van der Waals surface area contributed by atoms with Crippen molar-refractivity contribution in [1.82, 2.24) is 5.32 Å². The highest BCUT2D eigenvalue weighted by molar-refractivity contribution is 6.01. The third kappa shape index (κ3) is 3.60. The van der Waals surface area contributed by atoms with Crippen molar-refractivity contribution in [1.29, 1.82) is 0 Å². The number of furan rings is 1. The number of methoxy groups -OCH3 is 1. The number of rotatable bonds is 6. The number of carbonyl (C=O) groups excluding carboxylic acids is 1. The Labute approximate surface area is 134 Å². The van der Waals surface area contributed by atoms with E-state index in [1.807, 2.05) is 30.3 Å². The van der Waals surface area contributed by atoms with Gasteiger partial charge in [0, 0.05) is 18.2 Å². The fraction of sp³-hybridized carbons (Fsp3) is 0.294. The van der Waals surface area contributed by atoms with Crippen LogP contribution < -0.4 is 5.32 Å². The Morgan fingerprint density at radius 3 is 2.48 bits per heavy atom. The molecule has 0 saturated heterocycles. The first-order valence-electron chi connectivity index (χ1n) is 7.15. The Bertz CT molecular complexity index is 705. The molecular formula is C17H19NO5. The van der Waals surface area contributed by atoms with E-state index < -0.39 is 12.1 Å². The molecule has 1 amide bonds. The zero-order chi connectivity index (χ0) is 17.0. The first-order valence-corrected chi connectivity index (χ1v) is 7.15. The molecule has 1 atom stereocenters. The van der Waals surface area contributed by atoms with Crippen molar-refractivity contribution < 1.29 is 23.8 Å². The molecule has 0 aliphatic heterocycles. The van der Waals surface area contributed by atoms with Crippen LogP contribution in [0.4, 0.5) is 0 Å². The van der Waals surface area contributed by atoms with E-state index in [1.54, 1.807) is 13.8 Å². The van der Waals surface area contributed by atoms with Crippen LogP contribution in [0.25, 0.3) is 11.3 Å². The molecule has 1 aromatic heterocycles. The summed E-state index contributed by atoms with van der Waals surface area (Å²) in [5, 5.41) is 11.5. The Balaban J connectivity index is 2.28. The summed E-state index contributed by atoms with van der Waals surface area (Å²) in [6.45, 7) is 3.46. The van der Waals surface area contributed by atoms with Gasteiger partial charge in [-0.1, -0.05) is 30.3 Å². The lowest BCUT2D eigenvalue weighted by Gasteiger charge is -2.12. The van der Waals surface area contributed by atoms with Gasteiger partial charge >= 0.3 is 5.97 Å². The predicted octanol–water partition coefficient (Wildman–Crippen LogP) is 2.39. The van der Waals surface area contributed by atoms with Gasteiger partial charge in [-0.15, -0.1) is 0 Å². The first kappa shape index (κ1) is 16.8. The normalized spacial score (nSPS) is 12.0. The van der Waals surface area contributed by atoms with Crippen LogP contribution in [-0.2, 0) is 9.53 Å². The van der Waals surface area contributed by atoms with E-state index in [1.165, 1.54) is 7.11 Å². The topological polar surface area (TPSA) is 88.8 Å². The van der Waals surface area contributed by atoms with Crippen LogP contribution in [0.2, 0.25) is 0 Å². The third-order valence-electron chi connectivity index (χ3n) is 3.66. The number of ether oxygens (including phenoxy) is 1. The number of hydrogen-bond acceptors (Lipinski definition) is 4. The molecule has 0 radical (unpaired) electrons. The second kappa shape index (κ2) is 7.11. The molecule has 6 nitrogen and oxygen atoms in total. The molecule has 1 heterocycles. The van der Waals surface area contributed by atoms with E-state index in [2.05, 4.69) is 5.32 Å². The van der Waals surface area contributed by atoms with Gasteiger partial charge in [0.05, 0.1) is 12.1 Å². The maximum atomic E-state index is 12.5. The van der Waals surface area contributed by atoms with Crippen molar-refractivity contribution in [2.75, 3.05) is 13.7 Å². The Morgan fingerprint density at radius 2 is 1.91 bits per heavy atom. The van der Waals surface area contributed by atoms with E-state index in [9.17, 15) is 9.59 Å². The summed E-state index contributed by atoms with van der Waals surface area (Å²) in [5.41, 5.74) is 1.93. The fourth-order valence-electron chi connectivity index (χ4n) is 2.24. The Morgan fingerprint density at radius 1 is 1.26 bits per heavy atom. The number of hydrogen-bond donors (Lipinski definition) is 2. The highest BCUT2D eigenvalue weighted by atomic mass is 16.5. The van der Waals surface area contributed by atoms with E-state index in [0.29, 0.717) is 17.1 Å². The van der Waals surface area contributed by atoms with Crippen molar-refractivity contribution in [2.45, 2.75) is 20.0 Å². The molecule has 0 aliphatic rings. The van der Waals surface area contributed by atoms with Gasteiger partial charge < -0.3 is 19.6 Å². The summed E-state index contributed by atoms with van der Waals surface area (Å²) >= 11 is 0. The van der Waals surface area contributed by atoms with Crippen molar-refractivity contribution in [2.24, 2.45) is 0 Å². The molecule has 2 rings (SSSR count). The maximum Gasteiger partial charge on any atom is 0.334 e. The standard InChI is InChI=1S/C17H19NO5/c1-10-11(2)23-15(12-7-5-4-6-8-12)14(10)16(19)18-9-13(22-3)17(20)21/h4-8,13H,9H2,1-3H3,(H,18,19)(H,20,21). The minimum atomic E-state index is -1.13. The molecule has 0 spiro atoms. The van der Waals surface area contributed by atoms with Crippen LogP contribution in [0, 0.1) is 13.8 Å². The van der Waals surface area contributed by atoms with Gasteiger partial charge in [-0.3, -0.25) is 4.79 Å². The fourth-order valence-corrected chi connectivity index (χ4v) is 2.24. The molecular weight excluding hydrogens is 298 g/mol. The lowest BCUT2D eigenvalue weighted by atomic mass is 10.0. The van der Waals surface area contributed by atoms with Crippen LogP contribution in [0.3, 0.4) is 0 Å². The quantitative estimate of drug-likeness (QED) is 0.854. The van der Waals surface area contributed by atoms with E-state index in [4.69, 9.17) is 14.3 Å². The van der Waals surface area contributed by atoms with E-state index in [0.717, 1.165) is 11.1 Å². The zero-order valence-corrected chi connectivity index (χ0v) is 13.3. The highest BCUT2D eigenvalue weighted by Crippen LogP contribution is 2.30. The summed E-state index contributed by atoms with van der Waals surface area (Å²) < 4.78 is 10.5. The van der Waals surface area contributed by atoms with Gasteiger partial charge in [0.15, 0.2) is 6.10 Å². The van der Waals surface area contributed by atoms with Crippen molar-refractivity contribution in [3.63, 3.8) is 0 Å². The number of carbonyl (C=O) groups is 2. The molecule has 6 heteroatoms. The Hall–Kier alpha value is -2.60. The number of nitrogens with one attached hydrogen (secondary N) is 1. The van der Waals surface area contributed by atoms with Crippen LogP contribution >= 0.6 is 0 Å². The average molecular weight is 317 g/mol. The van der Waals surface area contributed by atoms with Crippen molar-refractivity contribution >= 4 is 11.9 Å². The SMILES string of the molecule is COC(CNC(=O)c1c(-c2ccccc2)oc(C)c1C)C(=O)O. The molecule has 2 aromatic rings. The predicted molar refractivity (Wildman–Crippen MR) is 84.4 cm³/mol.